The molecule has 0 saturated carbocycles. The minimum atomic E-state index is 0.142. The van der Waals surface area contributed by atoms with Crippen LogP contribution in [-0.2, 0) is 0 Å². The molecule has 0 unspecified atom stereocenters. The Morgan fingerprint density at radius 3 is 2.45 bits per heavy atom. The zero-order chi connectivity index (χ0) is 8.32. The quantitative estimate of drug-likeness (QED) is 0.572. The van der Waals surface area contributed by atoms with Gasteiger partial charge in [0, 0.05) is 30.4 Å². The third kappa shape index (κ3) is 1.44. The normalized spacial score (nSPS) is 33.1. The van der Waals surface area contributed by atoms with Gasteiger partial charge in [-0.15, -0.1) is 0 Å². The topological polar surface area (TPSA) is 3.24 Å². The zero-order valence-electron chi connectivity index (χ0n) is 7.77. The first-order chi connectivity index (χ1) is 5.29. The van der Waals surface area contributed by atoms with E-state index in [0.717, 1.165) is 4.79 Å². The average molecular weight is 185 g/mol. The second-order valence-electron chi connectivity index (χ2n) is 3.41. The lowest BCUT2D eigenvalue weighted by Gasteiger charge is -2.36. The molecule has 0 atom stereocenters. The smallest absolute Gasteiger partial charge is 0.0435 e. The van der Waals surface area contributed by atoms with Crippen molar-refractivity contribution in [3.8, 4) is 0 Å². The van der Waals surface area contributed by atoms with Gasteiger partial charge in [0.25, 0.3) is 0 Å². The molecule has 3 heteroatoms. The van der Waals surface area contributed by atoms with Crippen LogP contribution >= 0.6 is 0 Å². The molecule has 1 aliphatic heterocycles. The van der Waals surface area contributed by atoms with Gasteiger partial charge in [0.15, 0.2) is 0 Å². The van der Waals surface area contributed by atoms with Crippen molar-refractivity contribution in [1.29, 1.82) is 0 Å². The van der Waals surface area contributed by atoms with Crippen molar-refractivity contribution in [1.82, 2.24) is 4.90 Å². The van der Waals surface area contributed by atoms with Gasteiger partial charge >= 0.3 is 0 Å². The average Bonchev–Trinajstić information content (AvgIpc) is 2.47. The molecule has 1 saturated heterocycles. The SMILES string of the molecule is C=CN1CCCC1([SiH2]C)[SiH2]C. The van der Waals surface area contributed by atoms with Gasteiger partial charge in [-0.2, -0.15) is 0 Å². The first-order valence-electron chi connectivity index (χ1n) is 4.68. The van der Waals surface area contributed by atoms with Crippen molar-refractivity contribution >= 4 is 19.0 Å². The summed E-state index contributed by atoms with van der Waals surface area (Å²) in [7, 11) is 0.283. The van der Waals surface area contributed by atoms with Crippen molar-refractivity contribution in [2.45, 2.75) is 30.7 Å². The van der Waals surface area contributed by atoms with Crippen LogP contribution in [0, 0.1) is 0 Å². The molecule has 0 aromatic heterocycles. The van der Waals surface area contributed by atoms with Crippen LogP contribution in [-0.4, -0.2) is 35.3 Å². The number of hydrogen-bond acceptors (Lipinski definition) is 1. The second-order valence-corrected chi connectivity index (χ2v) is 8.46. The van der Waals surface area contributed by atoms with Crippen molar-refractivity contribution < 1.29 is 0 Å². The standard InChI is InChI=1S/C8H19NSi2/c1-4-9-7-5-6-8(9,10-2)11-3/h4H,1,5-7,10-11H2,2-3H3. The van der Waals surface area contributed by atoms with E-state index in [1.54, 1.807) is 0 Å². The summed E-state index contributed by atoms with van der Waals surface area (Å²) in [6.07, 6.45) is 4.97. The lowest BCUT2D eigenvalue weighted by atomic mass is 10.4. The van der Waals surface area contributed by atoms with Crippen LogP contribution in [0.5, 0.6) is 0 Å². The van der Waals surface area contributed by atoms with Crippen molar-refractivity contribution in [3.63, 3.8) is 0 Å². The summed E-state index contributed by atoms with van der Waals surface area (Å²) in [6, 6.07) is 0. The van der Waals surface area contributed by atoms with E-state index in [1.165, 1.54) is 19.4 Å². The number of likely N-dealkylation sites (tertiary alicyclic amines) is 1. The Morgan fingerprint density at radius 1 is 1.45 bits per heavy atom. The minimum absolute atomic E-state index is 0.142. The van der Waals surface area contributed by atoms with Crippen LogP contribution in [0.25, 0.3) is 0 Å². The predicted octanol–water partition coefficient (Wildman–Crippen LogP) is 0.313. The van der Waals surface area contributed by atoms with E-state index >= 15 is 0 Å². The summed E-state index contributed by atoms with van der Waals surface area (Å²) in [6.45, 7) is 10.1. The van der Waals surface area contributed by atoms with Crippen molar-refractivity contribution in [3.05, 3.63) is 12.8 Å². The predicted molar refractivity (Wildman–Crippen MR) is 57.7 cm³/mol. The van der Waals surface area contributed by atoms with Gasteiger partial charge in [0.2, 0.25) is 0 Å². The van der Waals surface area contributed by atoms with E-state index in [0.29, 0.717) is 0 Å². The maximum Gasteiger partial charge on any atom is 0.0435 e. The molecule has 0 radical (unpaired) electrons. The maximum absolute atomic E-state index is 3.90. The fourth-order valence-electron chi connectivity index (χ4n) is 2.25. The summed E-state index contributed by atoms with van der Waals surface area (Å²) in [5, 5.41) is 0. The van der Waals surface area contributed by atoms with E-state index in [9.17, 15) is 0 Å². The highest BCUT2D eigenvalue weighted by Gasteiger charge is 2.35. The molecular weight excluding hydrogens is 166 g/mol. The highest BCUT2D eigenvalue weighted by Crippen LogP contribution is 2.27. The van der Waals surface area contributed by atoms with E-state index in [1.807, 2.05) is 0 Å². The number of hydrogen-bond donors (Lipinski definition) is 0. The molecule has 1 aliphatic rings. The first kappa shape index (κ1) is 9.06. The Morgan fingerprint density at radius 2 is 2.09 bits per heavy atom. The summed E-state index contributed by atoms with van der Waals surface area (Å²) in [5.74, 6) is 0. The molecule has 1 fully saturated rings. The van der Waals surface area contributed by atoms with Crippen molar-refractivity contribution in [2.75, 3.05) is 6.54 Å². The molecule has 0 amide bonds. The monoisotopic (exact) mass is 185 g/mol. The highest BCUT2D eigenvalue weighted by molar-refractivity contribution is 6.61. The molecule has 1 rings (SSSR count). The van der Waals surface area contributed by atoms with Crippen LogP contribution in [0.4, 0.5) is 0 Å². The number of nitrogens with zero attached hydrogens (tertiary/aromatic N) is 1. The van der Waals surface area contributed by atoms with Gasteiger partial charge in [-0.1, -0.05) is 19.7 Å². The summed E-state index contributed by atoms with van der Waals surface area (Å²) in [5.41, 5.74) is 0. The van der Waals surface area contributed by atoms with Crippen molar-refractivity contribution in [2.24, 2.45) is 0 Å². The first-order valence-corrected chi connectivity index (χ1v) is 8.92. The molecule has 1 nitrogen and oxygen atoms in total. The largest absolute Gasteiger partial charge is 0.379 e. The van der Waals surface area contributed by atoms with Gasteiger partial charge < -0.3 is 4.90 Å². The molecule has 0 aromatic carbocycles. The van der Waals surface area contributed by atoms with Gasteiger partial charge in [0.05, 0.1) is 0 Å². The third-order valence-electron chi connectivity index (χ3n) is 3.19. The Hall–Kier alpha value is -0.0262. The van der Waals surface area contributed by atoms with Gasteiger partial charge in [-0.05, 0) is 19.0 Å². The second kappa shape index (κ2) is 3.58. The zero-order valence-corrected chi connectivity index (χ0v) is 10.6. The highest BCUT2D eigenvalue weighted by atomic mass is 28.3. The Bertz CT molecular complexity index is 143. The summed E-state index contributed by atoms with van der Waals surface area (Å²) in [4.78, 5) is 3.28. The minimum Gasteiger partial charge on any atom is -0.379 e. The van der Waals surface area contributed by atoms with Crippen LogP contribution in [0.15, 0.2) is 12.8 Å². The van der Waals surface area contributed by atoms with Crippen LogP contribution in [0.3, 0.4) is 0 Å². The Labute approximate surface area is 74.5 Å². The van der Waals surface area contributed by atoms with E-state index < -0.39 is 0 Å². The molecular formula is C8H19NSi2. The van der Waals surface area contributed by atoms with Crippen LogP contribution in [0.2, 0.25) is 13.1 Å². The van der Waals surface area contributed by atoms with Gasteiger partial charge in [-0.25, -0.2) is 0 Å². The third-order valence-corrected chi connectivity index (χ3v) is 10.3. The molecule has 0 aromatic rings. The lowest BCUT2D eigenvalue weighted by molar-refractivity contribution is 0.388. The fraction of sp³-hybridized carbons (Fsp3) is 0.750. The molecule has 1 heterocycles. The lowest BCUT2D eigenvalue weighted by Crippen LogP contribution is -2.49. The molecule has 11 heavy (non-hydrogen) atoms. The van der Waals surface area contributed by atoms with Crippen LogP contribution < -0.4 is 0 Å². The fourth-order valence-corrected chi connectivity index (χ4v) is 6.85. The Kier molecular flexibility index (Phi) is 2.95. The maximum atomic E-state index is 3.90. The Balaban J connectivity index is 2.71. The molecule has 64 valence electrons. The molecule has 0 spiro atoms. The summed E-state index contributed by atoms with van der Waals surface area (Å²) >= 11 is 0. The van der Waals surface area contributed by atoms with E-state index in [-0.39, 0.29) is 19.0 Å². The van der Waals surface area contributed by atoms with Gasteiger partial charge in [0.1, 0.15) is 0 Å². The summed E-state index contributed by atoms with van der Waals surface area (Å²) < 4.78 is 0. The molecule has 0 N–H and O–H groups in total. The number of rotatable bonds is 3. The molecule has 0 bridgehead atoms. The molecule has 0 aliphatic carbocycles. The van der Waals surface area contributed by atoms with Gasteiger partial charge in [-0.3, -0.25) is 0 Å². The van der Waals surface area contributed by atoms with Crippen LogP contribution in [0.1, 0.15) is 12.8 Å². The van der Waals surface area contributed by atoms with E-state index in [2.05, 4.69) is 30.8 Å². The van der Waals surface area contributed by atoms with E-state index in [4.69, 9.17) is 0 Å².